The lowest BCUT2D eigenvalue weighted by molar-refractivity contribution is 0.258. The van der Waals surface area contributed by atoms with Gasteiger partial charge in [0.1, 0.15) is 5.82 Å². The lowest BCUT2D eigenvalue weighted by atomic mass is 9.87. The number of halogens is 1. The third kappa shape index (κ3) is 3.04. The minimum atomic E-state index is -3.27. The molecule has 2 atom stereocenters. The molecular weight excluding hydrogens is 277 g/mol. The number of rotatable bonds is 2. The summed E-state index contributed by atoms with van der Waals surface area (Å²) in [5.41, 5.74) is 0.622. The number of nitrogens with one attached hydrogen (secondary N) is 1. The Balaban J connectivity index is 2.37. The summed E-state index contributed by atoms with van der Waals surface area (Å²) in [5, 5.41) is 3.45. The summed E-state index contributed by atoms with van der Waals surface area (Å²) in [4.78, 5) is 0.267. The maximum atomic E-state index is 13.5. The predicted octanol–water partition coefficient (Wildman–Crippen LogP) is 3.07. The van der Waals surface area contributed by atoms with Crippen molar-refractivity contribution in [3.63, 3.8) is 0 Å². The van der Waals surface area contributed by atoms with Crippen molar-refractivity contribution in [2.45, 2.75) is 51.1 Å². The summed E-state index contributed by atoms with van der Waals surface area (Å²) >= 11 is 0. The zero-order chi connectivity index (χ0) is 15.1. The van der Waals surface area contributed by atoms with Crippen molar-refractivity contribution in [2.24, 2.45) is 5.41 Å². The maximum absolute atomic E-state index is 13.5. The molecule has 0 aliphatic carbocycles. The molecule has 0 bridgehead atoms. The van der Waals surface area contributed by atoms with Crippen LogP contribution in [-0.2, 0) is 9.84 Å². The van der Waals surface area contributed by atoms with Crippen LogP contribution in [0.5, 0.6) is 0 Å². The minimum Gasteiger partial charge on any atom is -0.307 e. The Hall–Kier alpha value is -0.940. The van der Waals surface area contributed by atoms with E-state index >= 15 is 0 Å². The van der Waals surface area contributed by atoms with Crippen LogP contribution in [-0.4, -0.2) is 20.2 Å². The third-order valence-electron chi connectivity index (χ3n) is 4.11. The molecule has 1 aliphatic heterocycles. The first kappa shape index (κ1) is 15.4. The second kappa shape index (κ2) is 5.11. The molecule has 112 valence electrons. The van der Waals surface area contributed by atoms with Crippen LogP contribution in [0.4, 0.5) is 4.39 Å². The Morgan fingerprint density at radius 2 is 2.00 bits per heavy atom. The van der Waals surface area contributed by atoms with Gasteiger partial charge in [0.15, 0.2) is 9.84 Å². The van der Waals surface area contributed by atoms with Gasteiger partial charge < -0.3 is 5.32 Å². The van der Waals surface area contributed by atoms with Crippen molar-refractivity contribution in [2.75, 3.05) is 5.75 Å². The van der Waals surface area contributed by atoms with Crippen molar-refractivity contribution in [1.82, 2.24) is 5.32 Å². The summed E-state index contributed by atoms with van der Waals surface area (Å²) < 4.78 is 37.6. The van der Waals surface area contributed by atoms with Gasteiger partial charge in [0.05, 0.1) is 10.6 Å². The molecule has 2 unspecified atom stereocenters. The van der Waals surface area contributed by atoms with Gasteiger partial charge in [-0.25, -0.2) is 12.8 Å². The average Bonchev–Trinajstić information content (AvgIpc) is 2.31. The van der Waals surface area contributed by atoms with Crippen LogP contribution in [0, 0.1) is 11.2 Å². The highest BCUT2D eigenvalue weighted by Gasteiger charge is 2.32. The van der Waals surface area contributed by atoms with Crippen molar-refractivity contribution < 1.29 is 12.8 Å². The van der Waals surface area contributed by atoms with E-state index in [1.54, 1.807) is 0 Å². The van der Waals surface area contributed by atoms with E-state index in [0.717, 1.165) is 0 Å². The van der Waals surface area contributed by atoms with E-state index in [4.69, 9.17) is 0 Å². The molecule has 20 heavy (non-hydrogen) atoms. The van der Waals surface area contributed by atoms with Gasteiger partial charge >= 0.3 is 0 Å². The van der Waals surface area contributed by atoms with Gasteiger partial charge in [-0.1, -0.05) is 20.8 Å². The van der Waals surface area contributed by atoms with E-state index < -0.39 is 15.7 Å². The SMILES string of the molecule is CC(NC1CCS(=O)(=O)c2ccc(F)cc21)C(C)(C)C. The Bertz CT molecular complexity index is 605. The van der Waals surface area contributed by atoms with Crippen LogP contribution in [0.15, 0.2) is 23.1 Å². The Morgan fingerprint density at radius 3 is 2.60 bits per heavy atom. The third-order valence-corrected chi connectivity index (χ3v) is 5.92. The van der Waals surface area contributed by atoms with Crippen LogP contribution >= 0.6 is 0 Å². The summed E-state index contributed by atoms with van der Waals surface area (Å²) in [6, 6.07) is 4.03. The van der Waals surface area contributed by atoms with Crippen LogP contribution in [0.25, 0.3) is 0 Å². The van der Waals surface area contributed by atoms with Gasteiger partial charge in [0, 0.05) is 12.1 Å². The maximum Gasteiger partial charge on any atom is 0.178 e. The number of benzene rings is 1. The largest absolute Gasteiger partial charge is 0.307 e. The molecule has 0 aromatic heterocycles. The number of hydrogen-bond donors (Lipinski definition) is 1. The van der Waals surface area contributed by atoms with Crippen LogP contribution < -0.4 is 5.32 Å². The van der Waals surface area contributed by atoms with Crippen molar-refractivity contribution in [3.05, 3.63) is 29.6 Å². The van der Waals surface area contributed by atoms with E-state index in [1.165, 1.54) is 18.2 Å². The summed E-state index contributed by atoms with van der Waals surface area (Å²) in [6.07, 6.45) is 0.485. The second-order valence-electron chi connectivity index (χ2n) is 6.60. The molecule has 2 rings (SSSR count). The van der Waals surface area contributed by atoms with E-state index in [-0.39, 0.29) is 28.1 Å². The van der Waals surface area contributed by atoms with Gasteiger partial charge in [0.2, 0.25) is 0 Å². The first-order chi connectivity index (χ1) is 9.11. The Labute approximate surface area is 120 Å². The van der Waals surface area contributed by atoms with E-state index in [9.17, 15) is 12.8 Å². The zero-order valence-corrected chi connectivity index (χ0v) is 13.2. The van der Waals surface area contributed by atoms with E-state index in [2.05, 4.69) is 33.0 Å². The zero-order valence-electron chi connectivity index (χ0n) is 12.4. The quantitative estimate of drug-likeness (QED) is 0.854. The monoisotopic (exact) mass is 299 g/mol. The highest BCUT2D eigenvalue weighted by molar-refractivity contribution is 7.91. The van der Waals surface area contributed by atoms with Gasteiger partial charge in [-0.3, -0.25) is 0 Å². The van der Waals surface area contributed by atoms with Crippen LogP contribution in [0.3, 0.4) is 0 Å². The molecule has 1 aliphatic rings. The molecule has 0 amide bonds. The highest BCUT2D eigenvalue weighted by atomic mass is 32.2. The number of hydrogen-bond acceptors (Lipinski definition) is 3. The van der Waals surface area contributed by atoms with Crippen molar-refractivity contribution in [1.29, 1.82) is 0 Å². The van der Waals surface area contributed by atoms with Crippen molar-refractivity contribution in [3.8, 4) is 0 Å². The number of sulfone groups is 1. The lowest BCUT2D eigenvalue weighted by Crippen LogP contribution is -2.42. The Kier molecular flexibility index (Phi) is 3.95. The fourth-order valence-corrected chi connectivity index (χ4v) is 3.94. The minimum absolute atomic E-state index is 0.0593. The molecule has 0 saturated heterocycles. The van der Waals surface area contributed by atoms with Gasteiger partial charge in [-0.15, -0.1) is 0 Å². The molecule has 3 nitrogen and oxygen atoms in total. The average molecular weight is 299 g/mol. The smallest absolute Gasteiger partial charge is 0.178 e. The first-order valence-corrected chi connectivity index (χ1v) is 8.55. The normalized spacial score (nSPS) is 23.1. The molecule has 0 saturated carbocycles. The molecular formula is C15H22FNO2S. The first-order valence-electron chi connectivity index (χ1n) is 6.89. The molecule has 1 aromatic rings. The van der Waals surface area contributed by atoms with Gasteiger partial charge in [-0.2, -0.15) is 0 Å². The molecule has 5 heteroatoms. The molecule has 0 spiro atoms. The summed E-state index contributed by atoms with van der Waals surface area (Å²) in [6.45, 7) is 8.44. The molecule has 0 fully saturated rings. The highest BCUT2D eigenvalue weighted by Crippen LogP contribution is 2.34. The standard InChI is InChI=1S/C15H22FNO2S/c1-10(15(2,3)4)17-13-7-8-20(18,19)14-6-5-11(16)9-12(13)14/h5-6,9-10,13,17H,7-8H2,1-4H3. The van der Waals surface area contributed by atoms with E-state index in [1.807, 2.05) is 0 Å². The molecule has 0 radical (unpaired) electrons. The van der Waals surface area contributed by atoms with Gasteiger partial charge in [0.25, 0.3) is 0 Å². The molecule has 1 heterocycles. The van der Waals surface area contributed by atoms with Crippen LogP contribution in [0.1, 0.15) is 45.7 Å². The molecule has 1 N–H and O–H groups in total. The lowest BCUT2D eigenvalue weighted by Gasteiger charge is -2.35. The second-order valence-corrected chi connectivity index (χ2v) is 8.67. The van der Waals surface area contributed by atoms with E-state index in [0.29, 0.717) is 12.0 Å². The summed E-state index contributed by atoms with van der Waals surface area (Å²) in [7, 11) is -3.27. The van der Waals surface area contributed by atoms with Gasteiger partial charge in [-0.05, 0) is 42.5 Å². The fourth-order valence-electron chi connectivity index (χ4n) is 2.34. The topological polar surface area (TPSA) is 46.2 Å². The predicted molar refractivity (Wildman–Crippen MR) is 77.9 cm³/mol. The fraction of sp³-hybridized carbons (Fsp3) is 0.600. The van der Waals surface area contributed by atoms with Crippen molar-refractivity contribution >= 4 is 9.84 Å². The molecule has 1 aromatic carbocycles. The summed E-state index contributed by atoms with van der Waals surface area (Å²) in [5.74, 6) is -0.281. The number of fused-ring (bicyclic) bond motifs is 1. The Morgan fingerprint density at radius 1 is 1.35 bits per heavy atom. The van der Waals surface area contributed by atoms with Crippen LogP contribution in [0.2, 0.25) is 0 Å².